The number of nitrogens with zero attached hydrogens (tertiary/aromatic N) is 4. The highest BCUT2D eigenvalue weighted by atomic mass is 35.5. The van der Waals surface area contributed by atoms with Gasteiger partial charge in [-0.2, -0.15) is 9.67 Å². The van der Waals surface area contributed by atoms with Crippen LogP contribution in [0.25, 0.3) is 0 Å². The van der Waals surface area contributed by atoms with E-state index in [1.165, 1.54) is 6.21 Å². The number of anilines is 2. The minimum Gasteiger partial charge on any atom is -0.368 e. The van der Waals surface area contributed by atoms with Gasteiger partial charge in [0.1, 0.15) is 0 Å². The first kappa shape index (κ1) is 12.1. The molecule has 1 aromatic heterocycles. The van der Waals surface area contributed by atoms with E-state index in [9.17, 15) is 0 Å². The average Bonchev–Trinajstić information content (AvgIpc) is 2.67. The summed E-state index contributed by atoms with van der Waals surface area (Å²) in [5.74, 6) is -0.156. The molecule has 0 spiro atoms. The molecule has 0 saturated carbocycles. The van der Waals surface area contributed by atoms with E-state index in [0.29, 0.717) is 5.02 Å². The number of rotatable bonds is 1. The van der Waals surface area contributed by atoms with Crippen molar-refractivity contribution in [2.24, 2.45) is 4.99 Å². The average molecular weight is 264 g/mol. The molecule has 1 heterocycles. The van der Waals surface area contributed by atoms with Crippen LogP contribution in [0.15, 0.2) is 29.3 Å². The Morgan fingerprint density at radius 3 is 2.56 bits per heavy atom. The number of hydrogen-bond donors (Lipinski definition) is 3. The second kappa shape index (κ2) is 4.84. The lowest BCUT2D eigenvalue weighted by Gasteiger charge is -1.98. The predicted molar refractivity (Wildman–Crippen MR) is 71.0 cm³/mol. The number of nitrogen functional groups attached to an aromatic ring is 2. The summed E-state index contributed by atoms with van der Waals surface area (Å²) in [6, 6.07) is 7.01. The predicted octanol–water partition coefficient (Wildman–Crippen LogP) is 0.998. The molecule has 1 aromatic carbocycles. The molecule has 0 saturated heterocycles. The van der Waals surface area contributed by atoms with Crippen molar-refractivity contribution in [3.63, 3.8) is 0 Å². The molecule has 0 aliphatic heterocycles. The first-order valence-corrected chi connectivity index (χ1v) is 5.30. The molecule has 0 amide bonds. The van der Waals surface area contributed by atoms with Gasteiger partial charge in [-0.3, -0.25) is 5.41 Å². The Bertz CT molecular complexity index is 599. The van der Waals surface area contributed by atoms with Crippen molar-refractivity contribution in [3.05, 3.63) is 34.9 Å². The van der Waals surface area contributed by atoms with E-state index < -0.39 is 0 Å². The van der Waals surface area contributed by atoms with Crippen LogP contribution < -0.4 is 11.5 Å². The van der Waals surface area contributed by atoms with Gasteiger partial charge in [-0.15, -0.1) is 5.10 Å². The maximum atomic E-state index is 7.68. The van der Waals surface area contributed by atoms with Gasteiger partial charge in [0.05, 0.1) is 0 Å². The van der Waals surface area contributed by atoms with E-state index in [4.69, 9.17) is 28.5 Å². The van der Waals surface area contributed by atoms with Crippen molar-refractivity contribution >= 4 is 35.7 Å². The molecule has 92 valence electrons. The molecule has 5 N–H and O–H groups in total. The summed E-state index contributed by atoms with van der Waals surface area (Å²) in [5, 5.41) is 12.0. The molecular weight excluding hydrogens is 254 g/mol. The Morgan fingerprint density at radius 2 is 2.00 bits per heavy atom. The SMILES string of the molecule is N=C(/N=C/c1ccc(Cl)cc1)n1nc(N)nc1N. The first-order valence-electron chi connectivity index (χ1n) is 4.93. The summed E-state index contributed by atoms with van der Waals surface area (Å²) in [4.78, 5) is 7.58. The topological polar surface area (TPSA) is 119 Å². The molecule has 0 aliphatic carbocycles. The largest absolute Gasteiger partial charge is 0.368 e. The van der Waals surface area contributed by atoms with Crippen molar-refractivity contribution in [3.8, 4) is 0 Å². The summed E-state index contributed by atoms with van der Waals surface area (Å²) >= 11 is 5.75. The van der Waals surface area contributed by atoms with Gasteiger partial charge in [0.15, 0.2) is 0 Å². The minimum absolute atomic E-state index is 0.000979. The number of aromatic nitrogens is 3. The highest BCUT2D eigenvalue weighted by Crippen LogP contribution is 2.08. The monoisotopic (exact) mass is 263 g/mol. The van der Waals surface area contributed by atoms with Crippen LogP contribution in [0.4, 0.5) is 11.9 Å². The summed E-state index contributed by atoms with van der Waals surface area (Å²) in [5.41, 5.74) is 11.7. The minimum atomic E-state index is -0.174. The first-order chi connectivity index (χ1) is 8.56. The number of nitrogens with one attached hydrogen (secondary N) is 1. The maximum Gasteiger partial charge on any atom is 0.246 e. The fourth-order valence-electron chi connectivity index (χ4n) is 1.24. The van der Waals surface area contributed by atoms with Crippen molar-refractivity contribution in [2.75, 3.05) is 11.5 Å². The van der Waals surface area contributed by atoms with Gasteiger partial charge in [-0.1, -0.05) is 23.7 Å². The van der Waals surface area contributed by atoms with Gasteiger partial charge in [-0.05, 0) is 17.7 Å². The van der Waals surface area contributed by atoms with Crippen molar-refractivity contribution in [1.29, 1.82) is 5.41 Å². The number of benzene rings is 1. The summed E-state index contributed by atoms with van der Waals surface area (Å²) in [6.45, 7) is 0. The number of halogens is 1. The molecule has 18 heavy (non-hydrogen) atoms. The van der Waals surface area contributed by atoms with Crippen LogP contribution in [0.2, 0.25) is 5.02 Å². The molecule has 0 unspecified atom stereocenters. The Hall–Kier alpha value is -2.41. The van der Waals surface area contributed by atoms with E-state index >= 15 is 0 Å². The summed E-state index contributed by atoms with van der Waals surface area (Å²) in [6.07, 6.45) is 1.50. The highest BCUT2D eigenvalue weighted by Gasteiger charge is 2.07. The van der Waals surface area contributed by atoms with Gasteiger partial charge in [0.2, 0.25) is 17.9 Å². The molecule has 7 nitrogen and oxygen atoms in total. The summed E-state index contributed by atoms with van der Waals surface area (Å²) in [7, 11) is 0. The Labute approximate surface area is 108 Å². The van der Waals surface area contributed by atoms with Gasteiger partial charge in [-0.25, -0.2) is 4.99 Å². The Morgan fingerprint density at radius 1 is 1.33 bits per heavy atom. The second-order valence-corrected chi connectivity index (χ2v) is 3.81. The zero-order valence-corrected chi connectivity index (χ0v) is 9.96. The third kappa shape index (κ3) is 2.64. The van der Waals surface area contributed by atoms with E-state index in [1.54, 1.807) is 24.3 Å². The van der Waals surface area contributed by atoms with Gasteiger partial charge >= 0.3 is 0 Å². The van der Waals surface area contributed by atoms with Gasteiger partial charge in [0.25, 0.3) is 0 Å². The van der Waals surface area contributed by atoms with E-state index in [-0.39, 0.29) is 17.9 Å². The third-order valence-corrected chi connectivity index (χ3v) is 2.31. The van der Waals surface area contributed by atoms with E-state index in [1.807, 2.05) is 0 Å². The van der Waals surface area contributed by atoms with Gasteiger partial charge in [0, 0.05) is 11.2 Å². The van der Waals surface area contributed by atoms with Crippen LogP contribution in [-0.4, -0.2) is 26.9 Å². The number of aliphatic imine (C=N–C) groups is 1. The van der Waals surface area contributed by atoms with Crippen LogP contribution in [0.1, 0.15) is 5.56 Å². The molecule has 2 rings (SSSR count). The lowest BCUT2D eigenvalue weighted by atomic mass is 10.2. The zero-order valence-electron chi connectivity index (χ0n) is 9.21. The molecule has 2 aromatic rings. The van der Waals surface area contributed by atoms with Crippen LogP contribution in [-0.2, 0) is 0 Å². The lowest BCUT2D eigenvalue weighted by molar-refractivity contribution is 0.927. The van der Waals surface area contributed by atoms with Crippen LogP contribution in [0, 0.1) is 5.41 Å². The number of nitrogens with two attached hydrogens (primary N) is 2. The molecule has 0 fully saturated rings. The normalized spacial score (nSPS) is 10.9. The fourth-order valence-corrected chi connectivity index (χ4v) is 1.36. The Balaban J connectivity index is 2.16. The molecule has 8 heteroatoms. The van der Waals surface area contributed by atoms with Crippen molar-refractivity contribution < 1.29 is 0 Å². The molecule has 0 radical (unpaired) electrons. The van der Waals surface area contributed by atoms with Crippen LogP contribution in [0.5, 0.6) is 0 Å². The molecule has 0 atom stereocenters. The quantitative estimate of drug-likeness (QED) is 0.525. The van der Waals surface area contributed by atoms with Crippen LogP contribution >= 0.6 is 11.6 Å². The molecule has 0 bridgehead atoms. The zero-order chi connectivity index (χ0) is 13.1. The van der Waals surface area contributed by atoms with Gasteiger partial charge < -0.3 is 11.5 Å². The van der Waals surface area contributed by atoms with Crippen molar-refractivity contribution in [2.45, 2.75) is 0 Å². The number of hydrogen-bond acceptors (Lipinski definition) is 5. The highest BCUT2D eigenvalue weighted by molar-refractivity contribution is 6.30. The standard InChI is InChI=1S/C10H10ClN7/c11-7-3-1-6(2-4-7)5-15-9(13)18-10(14)16-8(12)17-18/h1-5,13H,(H4,12,14,16,17)/b13-9?,15-5+. The smallest absolute Gasteiger partial charge is 0.246 e. The maximum absolute atomic E-state index is 7.68. The fraction of sp³-hybridized carbons (Fsp3) is 0. The lowest BCUT2D eigenvalue weighted by Crippen LogP contribution is -2.13. The third-order valence-electron chi connectivity index (χ3n) is 2.06. The van der Waals surface area contributed by atoms with Crippen molar-refractivity contribution in [1.82, 2.24) is 14.8 Å². The van der Waals surface area contributed by atoms with E-state index in [0.717, 1.165) is 10.2 Å². The Kier molecular flexibility index (Phi) is 3.24. The second-order valence-electron chi connectivity index (χ2n) is 3.37. The van der Waals surface area contributed by atoms with Crippen LogP contribution in [0.3, 0.4) is 0 Å². The molecule has 0 aliphatic rings. The van der Waals surface area contributed by atoms with E-state index in [2.05, 4.69) is 15.1 Å². The summed E-state index contributed by atoms with van der Waals surface area (Å²) < 4.78 is 1.04. The molecular formula is C10H10ClN7.